The molecule has 0 saturated heterocycles. The predicted molar refractivity (Wildman–Crippen MR) is 83.4 cm³/mol. The van der Waals surface area contributed by atoms with Crippen LogP contribution in [0.3, 0.4) is 0 Å². The molecule has 0 radical (unpaired) electrons. The highest BCUT2D eigenvalue weighted by Gasteiger charge is 2.12. The molecule has 0 spiro atoms. The summed E-state index contributed by atoms with van der Waals surface area (Å²) in [5.74, 6) is -0.0475. The number of sulfonamides is 1. The van der Waals surface area contributed by atoms with Crippen molar-refractivity contribution in [2.24, 2.45) is 7.05 Å². The summed E-state index contributed by atoms with van der Waals surface area (Å²) in [4.78, 5) is 4.22. The van der Waals surface area contributed by atoms with E-state index in [0.717, 1.165) is 16.6 Å². The Morgan fingerprint density at radius 1 is 1.14 bits per heavy atom. The lowest BCUT2D eigenvalue weighted by Gasteiger charge is -2.08. The van der Waals surface area contributed by atoms with Crippen molar-refractivity contribution in [3.8, 4) is 0 Å². The van der Waals surface area contributed by atoms with Crippen molar-refractivity contribution in [1.29, 1.82) is 0 Å². The molecule has 0 bridgehead atoms. The van der Waals surface area contributed by atoms with E-state index in [0.29, 0.717) is 5.69 Å². The Labute approximate surface area is 123 Å². The molecular weight excluding hydrogens is 286 g/mol. The Hall–Kier alpha value is -2.34. The highest BCUT2D eigenvalue weighted by molar-refractivity contribution is 7.91. The third-order valence-electron chi connectivity index (χ3n) is 3.20. The Bertz CT molecular complexity index is 870. The fraction of sp³-hybridized carbons (Fsp3) is 0.133. The summed E-state index contributed by atoms with van der Waals surface area (Å²) in [5, 5.41) is 0. The Kier molecular flexibility index (Phi) is 3.39. The van der Waals surface area contributed by atoms with Crippen LogP contribution in [0.1, 0.15) is 5.56 Å². The summed E-state index contributed by atoms with van der Waals surface area (Å²) in [5.41, 5.74) is 3.00. The van der Waals surface area contributed by atoms with Crippen molar-refractivity contribution in [3.05, 3.63) is 60.4 Å². The molecule has 1 aromatic heterocycles. The number of rotatable bonds is 4. The smallest absolute Gasteiger partial charge is 0.236 e. The van der Waals surface area contributed by atoms with Gasteiger partial charge in [0.05, 0.1) is 28.8 Å². The lowest BCUT2D eigenvalue weighted by Crippen LogP contribution is -2.15. The predicted octanol–water partition coefficient (Wildman–Crippen LogP) is 2.52. The molecule has 0 fully saturated rings. The van der Waals surface area contributed by atoms with Gasteiger partial charge in [-0.1, -0.05) is 30.3 Å². The van der Waals surface area contributed by atoms with Gasteiger partial charge in [0, 0.05) is 7.05 Å². The summed E-state index contributed by atoms with van der Waals surface area (Å²) in [6.45, 7) is 0. The minimum absolute atomic E-state index is 0.0475. The fourth-order valence-corrected chi connectivity index (χ4v) is 3.40. The van der Waals surface area contributed by atoms with E-state index in [1.165, 1.54) is 0 Å². The molecule has 108 valence electrons. The standard InChI is InChI=1S/C15H15N3O2S/c1-18-11-16-14-9-13(7-8-15(14)18)17-21(19,20)10-12-5-3-2-4-6-12/h2-9,11,17H,10H2,1H3. The third-order valence-corrected chi connectivity index (χ3v) is 4.46. The van der Waals surface area contributed by atoms with Gasteiger partial charge < -0.3 is 4.57 Å². The van der Waals surface area contributed by atoms with E-state index in [4.69, 9.17) is 0 Å². The topological polar surface area (TPSA) is 64.0 Å². The number of aryl methyl sites for hydroxylation is 1. The number of fused-ring (bicyclic) bond motifs is 1. The molecule has 0 unspecified atom stereocenters. The van der Waals surface area contributed by atoms with Gasteiger partial charge in [0.25, 0.3) is 0 Å². The van der Waals surface area contributed by atoms with Crippen LogP contribution in [0.15, 0.2) is 54.9 Å². The molecular formula is C15H15N3O2S. The van der Waals surface area contributed by atoms with E-state index in [1.54, 1.807) is 30.6 Å². The van der Waals surface area contributed by atoms with Gasteiger partial charge in [0.2, 0.25) is 10.0 Å². The minimum Gasteiger partial charge on any atom is -0.334 e. The first-order chi connectivity index (χ1) is 10.0. The molecule has 0 aliphatic rings. The van der Waals surface area contributed by atoms with Crippen molar-refractivity contribution in [3.63, 3.8) is 0 Å². The van der Waals surface area contributed by atoms with Gasteiger partial charge in [-0.15, -0.1) is 0 Å². The van der Waals surface area contributed by atoms with Gasteiger partial charge in [-0.25, -0.2) is 13.4 Å². The van der Waals surface area contributed by atoms with Gasteiger partial charge in [0.1, 0.15) is 0 Å². The van der Waals surface area contributed by atoms with E-state index >= 15 is 0 Å². The van der Waals surface area contributed by atoms with E-state index in [1.807, 2.05) is 35.9 Å². The first-order valence-corrected chi connectivity index (χ1v) is 8.14. The zero-order valence-corrected chi connectivity index (χ0v) is 12.3. The van der Waals surface area contributed by atoms with Crippen LogP contribution in [0.2, 0.25) is 0 Å². The molecule has 0 saturated carbocycles. The van der Waals surface area contributed by atoms with Crippen LogP contribution in [0.5, 0.6) is 0 Å². The van der Waals surface area contributed by atoms with Crippen LogP contribution >= 0.6 is 0 Å². The number of anilines is 1. The number of nitrogens with zero attached hydrogens (tertiary/aromatic N) is 2. The maximum atomic E-state index is 12.2. The van der Waals surface area contributed by atoms with Gasteiger partial charge in [-0.3, -0.25) is 4.72 Å². The monoisotopic (exact) mass is 301 g/mol. The van der Waals surface area contributed by atoms with Gasteiger partial charge in [-0.05, 0) is 23.8 Å². The Morgan fingerprint density at radius 3 is 2.67 bits per heavy atom. The molecule has 1 N–H and O–H groups in total. The first-order valence-electron chi connectivity index (χ1n) is 6.49. The lowest BCUT2D eigenvalue weighted by atomic mass is 10.2. The Balaban J connectivity index is 1.83. The summed E-state index contributed by atoms with van der Waals surface area (Å²) < 4.78 is 28.8. The fourth-order valence-electron chi connectivity index (χ4n) is 2.21. The molecule has 0 amide bonds. The van der Waals surface area contributed by atoms with Crippen molar-refractivity contribution >= 4 is 26.7 Å². The molecule has 0 aliphatic heterocycles. The second kappa shape index (κ2) is 5.21. The summed E-state index contributed by atoms with van der Waals surface area (Å²) >= 11 is 0. The zero-order valence-electron chi connectivity index (χ0n) is 11.5. The second-order valence-electron chi connectivity index (χ2n) is 4.91. The van der Waals surface area contributed by atoms with E-state index in [2.05, 4.69) is 9.71 Å². The largest absolute Gasteiger partial charge is 0.334 e. The van der Waals surface area contributed by atoms with Crippen molar-refractivity contribution in [2.75, 3.05) is 4.72 Å². The molecule has 0 aliphatic carbocycles. The van der Waals surface area contributed by atoms with Crippen LogP contribution in [0.25, 0.3) is 11.0 Å². The summed E-state index contributed by atoms with van der Waals surface area (Å²) in [6, 6.07) is 14.4. The van der Waals surface area contributed by atoms with Crippen molar-refractivity contribution < 1.29 is 8.42 Å². The molecule has 5 nitrogen and oxygen atoms in total. The van der Waals surface area contributed by atoms with Crippen LogP contribution in [0.4, 0.5) is 5.69 Å². The summed E-state index contributed by atoms with van der Waals surface area (Å²) in [6.07, 6.45) is 1.70. The first kappa shape index (κ1) is 13.6. The Morgan fingerprint density at radius 2 is 1.90 bits per heavy atom. The molecule has 6 heteroatoms. The number of benzene rings is 2. The average Bonchev–Trinajstić information content (AvgIpc) is 2.80. The third kappa shape index (κ3) is 3.05. The molecule has 3 aromatic rings. The van der Waals surface area contributed by atoms with Crippen molar-refractivity contribution in [2.45, 2.75) is 5.75 Å². The van der Waals surface area contributed by atoms with Crippen LogP contribution in [-0.2, 0) is 22.8 Å². The number of imidazole rings is 1. The van der Waals surface area contributed by atoms with E-state index in [9.17, 15) is 8.42 Å². The molecule has 3 rings (SSSR count). The molecule has 1 heterocycles. The number of aromatic nitrogens is 2. The molecule has 2 aromatic carbocycles. The van der Waals surface area contributed by atoms with Crippen LogP contribution in [0, 0.1) is 0 Å². The lowest BCUT2D eigenvalue weighted by molar-refractivity contribution is 0.600. The molecule has 21 heavy (non-hydrogen) atoms. The highest BCUT2D eigenvalue weighted by atomic mass is 32.2. The number of hydrogen-bond donors (Lipinski definition) is 1. The number of nitrogens with one attached hydrogen (secondary N) is 1. The van der Waals surface area contributed by atoms with E-state index in [-0.39, 0.29) is 5.75 Å². The maximum absolute atomic E-state index is 12.2. The van der Waals surface area contributed by atoms with E-state index < -0.39 is 10.0 Å². The minimum atomic E-state index is -3.43. The second-order valence-corrected chi connectivity index (χ2v) is 6.63. The van der Waals surface area contributed by atoms with Gasteiger partial charge >= 0.3 is 0 Å². The zero-order chi connectivity index (χ0) is 14.9. The van der Waals surface area contributed by atoms with Crippen LogP contribution < -0.4 is 4.72 Å². The molecule has 0 atom stereocenters. The van der Waals surface area contributed by atoms with Gasteiger partial charge in [-0.2, -0.15) is 0 Å². The number of hydrogen-bond acceptors (Lipinski definition) is 3. The highest BCUT2D eigenvalue weighted by Crippen LogP contribution is 2.19. The van der Waals surface area contributed by atoms with Crippen molar-refractivity contribution in [1.82, 2.24) is 9.55 Å². The average molecular weight is 301 g/mol. The quantitative estimate of drug-likeness (QED) is 0.805. The normalized spacial score (nSPS) is 11.7. The van der Waals surface area contributed by atoms with Gasteiger partial charge in [0.15, 0.2) is 0 Å². The van der Waals surface area contributed by atoms with Crippen LogP contribution in [-0.4, -0.2) is 18.0 Å². The summed E-state index contributed by atoms with van der Waals surface area (Å²) in [7, 11) is -1.54. The SMILES string of the molecule is Cn1cnc2cc(NS(=O)(=O)Cc3ccccc3)ccc21. The maximum Gasteiger partial charge on any atom is 0.236 e.